The van der Waals surface area contributed by atoms with Gasteiger partial charge in [-0.1, -0.05) is 11.6 Å². The van der Waals surface area contributed by atoms with Crippen LogP contribution in [0.15, 0.2) is 5.16 Å². The van der Waals surface area contributed by atoms with Gasteiger partial charge in [0.25, 0.3) is 0 Å². The number of hydrogen-bond acceptors (Lipinski definition) is 3. The summed E-state index contributed by atoms with van der Waals surface area (Å²) in [5, 5.41) is 3.66. The molecular formula is C8H12ClNO2. The first-order valence-electron chi connectivity index (χ1n) is 4.08. The Morgan fingerprint density at radius 3 is 3.00 bits per heavy atom. The number of alkyl halides is 1. The Labute approximate surface area is 76.7 Å². The quantitative estimate of drug-likeness (QED) is 0.360. The summed E-state index contributed by atoms with van der Waals surface area (Å²) in [5.74, 6) is -0.392. The van der Waals surface area contributed by atoms with Crippen LogP contribution in [0, 0.1) is 0 Å². The number of halogens is 1. The van der Waals surface area contributed by atoms with E-state index in [1.165, 1.54) is 6.92 Å². The van der Waals surface area contributed by atoms with Crippen LogP contribution in [0.2, 0.25) is 0 Å². The van der Waals surface area contributed by atoms with Gasteiger partial charge in [0.1, 0.15) is 0 Å². The number of carbonyl (C=O) groups is 1. The molecule has 0 heterocycles. The molecule has 0 saturated heterocycles. The minimum absolute atomic E-state index is 0.0434. The van der Waals surface area contributed by atoms with Gasteiger partial charge in [0.2, 0.25) is 0 Å². The summed E-state index contributed by atoms with van der Waals surface area (Å²) >= 11 is 5.94. The van der Waals surface area contributed by atoms with Gasteiger partial charge in [-0.3, -0.25) is 0 Å². The third kappa shape index (κ3) is 2.81. The molecule has 4 heteroatoms. The lowest BCUT2D eigenvalue weighted by atomic mass is 9.98. The maximum Gasteiger partial charge on any atom is 0.331 e. The van der Waals surface area contributed by atoms with Crippen LogP contribution in [0.4, 0.5) is 0 Å². The monoisotopic (exact) mass is 189 g/mol. The zero-order chi connectivity index (χ0) is 8.97. The van der Waals surface area contributed by atoms with Gasteiger partial charge in [0.15, 0.2) is 0 Å². The molecule has 68 valence electrons. The van der Waals surface area contributed by atoms with E-state index in [0.29, 0.717) is 0 Å². The van der Waals surface area contributed by atoms with Gasteiger partial charge in [-0.05, 0) is 19.3 Å². The van der Waals surface area contributed by atoms with Crippen molar-refractivity contribution in [1.29, 1.82) is 0 Å². The summed E-state index contributed by atoms with van der Waals surface area (Å²) in [4.78, 5) is 14.9. The maximum atomic E-state index is 10.4. The minimum Gasteiger partial charge on any atom is -0.319 e. The molecule has 0 aromatic carbocycles. The van der Waals surface area contributed by atoms with Crippen molar-refractivity contribution in [3.8, 4) is 0 Å². The Balaban J connectivity index is 2.47. The van der Waals surface area contributed by atoms with Crippen molar-refractivity contribution < 1.29 is 9.63 Å². The molecule has 0 radical (unpaired) electrons. The third-order valence-electron chi connectivity index (χ3n) is 1.79. The second-order valence-electron chi connectivity index (χ2n) is 2.88. The lowest BCUT2D eigenvalue weighted by Crippen LogP contribution is -2.19. The van der Waals surface area contributed by atoms with E-state index in [0.717, 1.165) is 31.4 Å². The van der Waals surface area contributed by atoms with Crippen LogP contribution in [0.3, 0.4) is 0 Å². The molecular weight excluding hydrogens is 178 g/mol. The van der Waals surface area contributed by atoms with Crippen LogP contribution in [-0.2, 0) is 9.63 Å². The smallest absolute Gasteiger partial charge is 0.319 e. The molecule has 3 nitrogen and oxygen atoms in total. The van der Waals surface area contributed by atoms with Crippen LogP contribution in [-0.4, -0.2) is 17.1 Å². The number of carbonyl (C=O) groups excluding carboxylic acids is 1. The summed E-state index contributed by atoms with van der Waals surface area (Å²) in [6.07, 6.45) is 4.00. The summed E-state index contributed by atoms with van der Waals surface area (Å²) in [7, 11) is 0. The Morgan fingerprint density at radius 1 is 1.67 bits per heavy atom. The highest BCUT2D eigenvalue weighted by Gasteiger charge is 2.18. The molecule has 12 heavy (non-hydrogen) atoms. The van der Waals surface area contributed by atoms with E-state index in [1.54, 1.807) is 0 Å². The molecule has 0 spiro atoms. The Bertz CT molecular complexity index is 203. The van der Waals surface area contributed by atoms with Crippen LogP contribution in [0.1, 0.15) is 32.6 Å². The number of nitrogens with zero attached hydrogens (tertiary/aromatic N) is 1. The Hall–Kier alpha value is -0.570. The zero-order valence-corrected chi connectivity index (χ0v) is 7.80. The van der Waals surface area contributed by atoms with Gasteiger partial charge in [-0.2, -0.15) is 0 Å². The van der Waals surface area contributed by atoms with Gasteiger partial charge in [0, 0.05) is 6.92 Å². The highest BCUT2D eigenvalue weighted by atomic mass is 35.5. The van der Waals surface area contributed by atoms with Crippen LogP contribution in [0.5, 0.6) is 0 Å². The summed E-state index contributed by atoms with van der Waals surface area (Å²) in [6.45, 7) is 1.33. The van der Waals surface area contributed by atoms with Crippen molar-refractivity contribution >= 4 is 23.3 Å². The molecule has 0 aliphatic heterocycles. The fourth-order valence-corrected chi connectivity index (χ4v) is 1.48. The van der Waals surface area contributed by atoms with Gasteiger partial charge < -0.3 is 4.84 Å². The standard InChI is InChI=1S/C8H12ClNO2/c1-6(11)12-10-8-5-3-2-4-7(8)9/h7H,2-5H2,1H3. The van der Waals surface area contributed by atoms with E-state index in [1.807, 2.05) is 0 Å². The molecule has 1 rings (SSSR count). The lowest BCUT2D eigenvalue weighted by Gasteiger charge is -2.16. The molecule has 1 saturated carbocycles. The third-order valence-corrected chi connectivity index (χ3v) is 2.26. The minimum atomic E-state index is -0.392. The second-order valence-corrected chi connectivity index (χ2v) is 3.41. The second kappa shape index (κ2) is 4.45. The van der Waals surface area contributed by atoms with Crippen molar-refractivity contribution in [2.45, 2.75) is 38.0 Å². The SMILES string of the molecule is CC(=O)ON=C1CCCCC1Cl. The van der Waals surface area contributed by atoms with E-state index >= 15 is 0 Å². The van der Waals surface area contributed by atoms with Crippen molar-refractivity contribution in [1.82, 2.24) is 0 Å². The van der Waals surface area contributed by atoms with Gasteiger partial charge in [0.05, 0.1) is 11.1 Å². The molecule has 1 atom stereocenters. The van der Waals surface area contributed by atoms with Gasteiger partial charge >= 0.3 is 5.97 Å². The maximum absolute atomic E-state index is 10.4. The first-order chi connectivity index (χ1) is 5.70. The Morgan fingerprint density at radius 2 is 2.42 bits per heavy atom. The number of oxime groups is 1. The normalized spacial score (nSPS) is 27.2. The van der Waals surface area contributed by atoms with Crippen molar-refractivity contribution in [2.24, 2.45) is 5.16 Å². The largest absolute Gasteiger partial charge is 0.331 e. The lowest BCUT2D eigenvalue weighted by molar-refractivity contribution is -0.140. The summed E-state index contributed by atoms with van der Waals surface area (Å²) in [6, 6.07) is 0. The van der Waals surface area contributed by atoms with Gasteiger partial charge in [-0.25, -0.2) is 4.79 Å². The van der Waals surface area contributed by atoms with Crippen molar-refractivity contribution in [3.63, 3.8) is 0 Å². The summed E-state index contributed by atoms with van der Waals surface area (Å²) in [5.41, 5.74) is 0.804. The van der Waals surface area contributed by atoms with Crippen LogP contribution >= 0.6 is 11.6 Å². The highest BCUT2D eigenvalue weighted by molar-refractivity contribution is 6.32. The van der Waals surface area contributed by atoms with Crippen molar-refractivity contribution in [3.05, 3.63) is 0 Å². The molecule has 0 bridgehead atoms. The first-order valence-corrected chi connectivity index (χ1v) is 4.52. The van der Waals surface area contributed by atoms with E-state index in [9.17, 15) is 4.79 Å². The Kier molecular flexibility index (Phi) is 3.53. The predicted octanol–water partition coefficient (Wildman–Crippen LogP) is 2.09. The zero-order valence-electron chi connectivity index (χ0n) is 7.05. The topological polar surface area (TPSA) is 38.7 Å². The molecule has 1 aliphatic carbocycles. The average Bonchev–Trinajstić information content (AvgIpc) is 2.03. The van der Waals surface area contributed by atoms with E-state index in [2.05, 4.69) is 9.99 Å². The van der Waals surface area contributed by atoms with E-state index in [-0.39, 0.29) is 5.38 Å². The van der Waals surface area contributed by atoms with Gasteiger partial charge in [-0.15, -0.1) is 11.6 Å². The van der Waals surface area contributed by atoms with E-state index < -0.39 is 5.97 Å². The molecule has 0 aromatic rings. The molecule has 1 fully saturated rings. The van der Waals surface area contributed by atoms with Crippen LogP contribution in [0.25, 0.3) is 0 Å². The summed E-state index contributed by atoms with van der Waals surface area (Å²) < 4.78 is 0. The van der Waals surface area contributed by atoms with Crippen molar-refractivity contribution in [2.75, 3.05) is 0 Å². The highest BCUT2D eigenvalue weighted by Crippen LogP contribution is 2.20. The molecule has 0 amide bonds. The molecule has 0 aromatic heterocycles. The molecule has 1 unspecified atom stereocenters. The fourth-order valence-electron chi connectivity index (χ4n) is 1.18. The fraction of sp³-hybridized carbons (Fsp3) is 0.750. The van der Waals surface area contributed by atoms with E-state index in [4.69, 9.17) is 11.6 Å². The number of hydrogen-bond donors (Lipinski definition) is 0. The molecule has 1 aliphatic rings. The van der Waals surface area contributed by atoms with Crippen LogP contribution < -0.4 is 0 Å². The average molecular weight is 190 g/mol. The first kappa shape index (κ1) is 9.52. The molecule has 0 N–H and O–H groups in total. The predicted molar refractivity (Wildman–Crippen MR) is 47.3 cm³/mol. The number of rotatable bonds is 1.